The van der Waals surface area contributed by atoms with Gasteiger partial charge in [0, 0.05) is 31.4 Å². The lowest BCUT2D eigenvalue weighted by molar-refractivity contribution is -0.162. The first kappa shape index (κ1) is 15.7. The largest absolute Gasteiger partial charge is 0.390 e. The Morgan fingerprint density at radius 1 is 1.32 bits per heavy atom. The molecule has 2 aliphatic heterocycles. The zero-order chi connectivity index (χ0) is 15.8. The summed E-state index contributed by atoms with van der Waals surface area (Å²) in [6.45, 7) is 8.56. The number of aryl methyl sites for hydroxylation is 2. The fraction of sp³-hybridized carbons (Fsp3) is 0.765. The van der Waals surface area contributed by atoms with E-state index in [1.54, 1.807) is 0 Å². The first-order chi connectivity index (χ1) is 10.4. The van der Waals surface area contributed by atoms with Gasteiger partial charge >= 0.3 is 0 Å². The third-order valence-electron chi connectivity index (χ3n) is 5.11. The van der Waals surface area contributed by atoms with Crippen molar-refractivity contribution in [1.29, 1.82) is 0 Å². The number of ether oxygens (including phenoxy) is 1. The van der Waals surface area contributed by atoms with E-state index in [0.29, 0.717) is 6.61 Å². The smallest absolute Gasteiger partial charge is 0.225 e. The molecule has 5 heteroatoms. The van der Waals surface area contributed by atoms with Gasteiger partial charge in [-0.3, -0.25) is 0 Å². The lowest BCUT2D eigenvalue weighted by Gasteiger charge is -2.48. The van der Waals surface area contributed by atoms with Crippen LogP contribution in [0.3, 0.4) is 0 Å². The molecule has 1 unspecified atom stereocenters. The normalized spacial score (nSPS) is 28.1. The quantitative estimate of drug-likeness (QED) is 0.908. The second-order valence-electron chi connectivity index (χ2n) is 7.10. The van der Waals surface area contributed by atoms with Crippen molar-refractivity contribution in [2.75, 3.05) is 24.6 Å². The highest BCUT2D eigenvalue weighted by Crippen LogP contribution is 2.39. The van der Waals surface area contributed by atoms with Gasteiger partial charge in [-0.25, -0.2) is 9.97 Å². The van der Waals surface area contributed by atoms with E-state index in [1.807, 2.05) is 13.1 Å². The van der Waals surface area contributed by atoms with Crippen LogP contribution in [0.1, 0.15) is 50.8 Å². The first-order valence-electron chi connectivity index (χ1n) is 8.37. The number of hydrogen-bond acceptors (Lipinski definition) is 5. The van der Waals surface area contributed by atoms with Gasteiger partial charge in [-0.15, -0.1) is 0 Å². The molecule has 3 rings (SSSR count). The summed E-state index contributed by atoms with van der Waals surface area (Å²) in [5.41, 5.74) is 1.54. The molecule has 2 saturated heterocycles. The van der Waals surface area contributed by atoms with Crippen molar-refractivity contribution in [2.24, 2.45) is 0 Å². The Bertz CT molecular complexity index is 537. The molecule has 122 valence electrons. The van der Waals surface area contributed by atoms with E-state index < -0.39 is 5.60 Å². The van der Waals surface area contributed by atoms with E-state index in [4.69, 9.17) is 9.72 Å². The zero-order valence-corrected chi connectivity index (χ0v) is 13.9. The number of rotatable bonds is 2. The first-order valence-corrected chi connectivity index (χ1v) is 8.37. The fourth-order valence-corrected chi connectivity index (χ4v) is 3.73. The van der Waals surface area contributed by atoms with Gasteiger partial charge in [0.05, 0.1) is 17.8 Å². The van der Waals surface area contributed by atoms with Crippen LogP contribution in [0.15, 0.2) is 6.20 Å². The SMILES string of the molecule is CCc1nc(N2CCC3(CC2)CC(C)(O)CCO3)ncc1C. The van der Waals surface area contributed by atoms with E-state index in [0.717, 1.165) is 62.4 Å². The topological polar surface area (TPSA) is 58.5 Å². The average molecular weight is 305 g/mol. The Kier molecular flexibility index (Phi) is 4.12. The van der Waals surface area contributed by atoms with Crippen molar-refractivity contribution in [3.63, 3.8) is 0 Å². The predicted molar refractivity (Wildman–Crippen MR) is 86.1 cm³/mol. The molecule has 22 heavy (non-hydrogen) atoms. The summed E-state index contributed by atoms with van der Waals surface area (Å²) in [6, 6.07) is 0. The van der Waals surface area contributed by atoms with Crippen LogP contribution in [-0.4, -0.2) is 46.0 Å². The van der Waals surface area contributed by atoms with Crippen molar-refractivity contribution in [1.82, 2.24) is 9.97 Å². The van der Waals surface area contributed by atoms with Crippen LogP contribution in [0.5, 0.6) is 0 Å². The summed E-state index contributed by atoms with van der Waals surface area (Å²) in [5, 5.41) is 10.4. The number of aromatic nitrogens is 2. The minimum Gasteiger partial charge on any atom is -0.390 e. The van der Waals surface area contributed by atoms with Crippen LogP contribution < -0.4 is 4.90 Å². The Balaban J connectivity index is 1.69. The molecule has 0 aromatic carbocycles. The molecule has 1 aromatic heterocycles. The van der Waals surface area contributed by atoms with Crippen molar-refractivity contribution >= 4 is 5.95 Å². The summed E-state index contributed by atoms with van der Waals surface area (Å²) in [7, 11) is 0. The molecule has 1 atom stereocenters. The van der Waals surface area contributed by atoms with Crippen molar-refractivity contribution < 1.29 is 9.84 Å². The molecule has 0 amide bonds. The third kappa shape index (κ3) is 3.10. The summed E-state index contributed by atoms with van der Waals surface area (Å²) in [4.78, 5) is 11.4. The van der Waals surface area contributed by atoms with Gasteiger partial charge in [0.15, 0.2) is 0 Å². The van der Waals surface area contributed by atoms with Crippen molar-refractivity contribution in [3.8, 4) is 0 Å². The van der Waals surface area contributed by atoms with E-state index in [2.05, 4.69) is 23.7 Å². The van der Waals surface area contributed by atoms with E-state index in [9.17, 15) is 5.11 Å². The summed E-state index contributed by atoms with van der Waals surface area (Å²) >= 11 is 0. The average Bonchev–Trinajstić information content (AvgIpc) is 2.47. The Morgan fingerprint density at radius 2 is 2.05 bits per heavy atom. The number of hydrogen-bond donors (Lipinski definition) is 1. The van der Waals surface area contributed by atoms with Gasteiger partial charge in [-0.1, -0.05) is 6.92 Å². The maximum Gasteiger partial charge on any atom is 0.225 e. The molecular formula is C17H27N3O2. The molecule has 5 nitrogen and oxygen atoms in total. The Morgan fingerprint density at radius 3 is 2.68 bits per heavy atom. The molecule has 0 aliphatic carbocycles. The number of nitrogens with zero attached hydrogens (tertiary/aromatic N) is 3. The van der Waals surface area contributed by atoms with Crippen LogP contribution in [0.4, 0.5) is 5.95 Å². The van der Waals surface area contributed by atoms with Crippen LogP contribution in [0.25, 0.3) is 0 Å². The van der Waals surface area contributed by atoms with Crippen LogP contribution >= 0.6 is 0 Å². The number of aliphatic hydroxyl groups is 1. The second-order valence-corrected chi connectivity index (χ2v) is 7.10. The second kappa shape index (κ2) is 5.78. The molecule has 1 aromatic rings. The molecule has 1 spiro atoms. The highest BCUT2D eigenvalue weighted by atomic mass is 16.5. The molecule has 3 heterocycles. The van der Waals surface area contributed by atoms with Crippen molar-refractivity contribution in [2.45, 2.75) is 64.1 Å². The lowest BCUT2D eigenvalue weighted by atomic mass is 9.78. The Labute approximate surface area is 132 Å². The molecule has 2 fully saturated rings. The highest BCUT2D eigenvalue weighted by Gasteiger charge is 2.44. The van der Waals surface area contributed by atoms with E-state index in [-0.39, 0.29) is 5.60 Å². The van der Waals surface area contributed by atoms with Crippen molar-refractivity contribution in [3.05, 3.63) is 17.5 Å². The van der Waals surface area contributed by atoms with Gasteiger partial charge in [0.2, 0.25) is 5.95 Å². The van der Waals surface area contributed by atoms with Gasteiger partial charge in [-0.05, 0) is 45.1 Å². The Hall–Kier alpha value is -1.20. The minimum atomic E-state index is -0.587. The maximum absolute atomic E-state index is 10.4. The van der Waals surface area contributed by atoms with Crippen LogP contribution in [-0.2, 0) is 11.2 Å². The van der Waals surface area contributed by atoms with Gasteiger partial charge < -0.3 is 14.7 Å². The molecular weight excluding hydrogens is 278 g/mol. The van der Waals surface area contributed by atoms with Gasteiger partial charge in [0.25, 0.3) is 0 Å². The van der Waals surface area contributed by atoms with Crippen LogP contribution in [0.2, 0.25) is 0 Å². The molecule has 2 aliphatic rings. The minimum absolute atomic E-state index is 0.156. The third-order valence-corrected chi connectivity index (χ3v) is 5.11. The summed E-state index contributed by atoms with van der Waals surface area (Å²) in [5.74, 6) is 0.833. The molecule has 0 saturated carbocycles. The van der Waals surface area contributed by atoms with E-state index in [1.165, 1.54) is 0 Å². The van der Waals surface area contributed by atoms with Gasteiger partial charge in [-0.2, -0.15) is 0 Å². The monoisotopic (exact) mass is 305 g/mol. The van der Waals surface area contributed by atoms with Gasteiger partial charge in [0.1, 0.15) is 0 Å². The lowest BCUT2D eigenvalue weighted by Crippen LogP contribution is -2.53. The fourth-order valence-electron chi connectivity index (χ4n) is 3.73. The summed E-state index contributed by atoms with van der Waals surface area (Å²) in [6.07, 6.45) is 6.20. The predicted octanol–water partition coefficient (Wildman–Crippen LogP) is 2.25. The van der Waals surface area contributed by atoms with Crippen LogP contribution in [0, 0.1) is 6.92 Å². The number of anilines is 1. The molecule has 1 N–H and O–H groups in total. The van der Waals surface area contributed by atoms with E-state index >= 15 is 0 Å². The number of piperidine rings is 1. The standard InChI is InChI=1S/C17H27N3O2/c1-4-14-13(2)11-18-15(19-14)20-8-5-17(6-9-20)12-16(3,21)7-10-22-17/h11,21H,4-10,12H2,1-3H3. The highest BCUT2D eigenvalue weighted by molar-refractivity contribution is 5.34. The molecule has 0 bridgehead atoms. The summed E-state index contributed by atoms with van der Waals surface area (Å²) < 4.78 is 6.06. The molecule has 0 radical (unpaired) electrons. The maximum atomic E-state index is 10.4. The zero-order valence-electron chi connectivity index (χ0n) is 13.9.